The van der Waals surface area contributed by atoms with Crippen LogP contribution < -0.4 is 4.90 Å². The van der Waals surface area contributed by atoms with Gasteiger partial charge in [0.05, 0.1) is 6.10 Å². The molecular formula is C17H27NO. The standard InChI is InChI=1S/C17H27NO/c1-4-17(19)14-9-11-15(12-10-14)18(3)16-8-6-5-7-13(16)2/h9-13,16-17,19H,4-8H2,1-3H3/t13?,16?,17-/m0/s1. The van der Waals surface area contributed by atoms with Gasteiger partial charge in [0.25, 0.3) is 0 Å². The quantitative estimate of drug-likeness (QED) is 0.880. The summed E-state index contributed by atoms with van der Waals surface area (Å²) in [6.07, 6.45) is 5.83. The number of anilines is 1. The van der Waals surface area contributed by atoms with E-state index in [4.69, 9.17) is 0 Å². The molecular weight excluding hydrogens is 234 g/mol. The molecule has 0 aromatic heterocycles. The Balaban J connectivity index is 2.08. The van der Waals surface area contributed by atoms with Crippen LogP contribution in [0.15, 0.2) is 24.3 Å². The second-order valence-corrected chi connectivity index (χ2v) is 5.96. The van der Waals surface area contributed by atoms with Gasteiger partial charge >= 0.3 is 0 Å². The zero-order valence-electron chi connectivity index (χ0n) is 12.5. The van der Waals surface area contributed by atoms with Crippen molar-refractivity contribution in [1.82, 2.24) is 0 Å². The van der Waals surface area contributed by atoms with Crippen LogP contribution in [0.1, 0.15) is 57.6 Å². The third kappa shape index (κ3) is 3.30. The fourth-order valence-corrected chi connectivity index (χ4v) is 3.23. The van der Waals surface area contributed by atoms with E-state index in [0.29, 0.717) is 6.04 Å². The van der Waals surface area contributed by atoms with Gasteiger partial charge in [0.2, 0.25) is 0 Å². The van der Waals surface area contributed by atoms with Gasteiger partial charge in [0.1, 0.15) is 0 Å². The van der Waals surface area contributed by atoms with E-state index in [9.17, 15) is 5.11 Å². The molecule has 0 saturated heterocycles. The lowest BCUT2D eigenvalue weighted by atomic mass is 9.85. The Kier molecular flexibility index (Phi) is 4.87. The van der Waals surface area contributed by atoms with Crippen LogP contribution in [0, 0.1) is 5.92 Å². The second-order valence-electron chi connectivity index (χ2n) is 5.96. The Morgan fingerprint density at radius 1 is 1.21 bits per heavy atom. The summed E-state index contributed by atoms with van der Waals surface area (Å²) in [5.74, 6) is 0.777. The highest BCUT2D eigenvalue weighted by atomic mass is 16.3. The van der Waals surface area contributed by atoms with E-state index in [2.05, 4.69) is 43.1 Å². The summed E-state index contributed by atoms with van der Waals surface area (Å²) < 4.78 is 0. The van der Waals surface area contributed by atoms with Gasteiger partial charge in [-0.05, 0) is 42.9 Å². The maximum atomic E-state index is 9.84. The first-order valence-corrected chi connectivity index (χ1v) is 7.64. The molecule has 0 spiro atoms. The smallest absolute Gasteiger partial charge is 0.0787 e. The number of aliphatic hydroxyl groups is 1. The van der Waals surface area contributed by atoms with Gasteiger partial charge in [-0.25, -0.2) is 0 Å². The molecule has 2 heteroatoms. The summed E-state index contributed by atoms with van der Waals surface area (Å²) in [7, 11) is 2.21. The SMILES string of the molecule is CC[C@H](O)c1ccc(N(C)C2CCCCC2C)cc1. The number of nitrogens with zero attached hydrogens (tertiary/aromatic N) is 1. The predicted molar refractivity (Wildman–Crippen MR) is 81.5 cm³/mol. The van der Waals surface area contributed by atoms with Crippen molar-refractivity contribution < 1.29 is 5.11 Å². The third-order valence-corrected chi connectivity index (χ3v) is 4.64. The molecule has 19 heavy (non-hydrogen) atoms. The molecule has 3 atom stereocenters. The molecule has 0 amide bonds. The van der Waals surface area contributed by atoms with Crippen molar-refractivity contribution in [3.05, 3.63) is 29.8 Å². The lowest BCUT2D eigenvalue weighted by molar-refractivity contribution is 0.173. The van der Waals surface area contributed by atoms with E-state index in [1.807, 2.05) is 6.92 Å². The zero-order chi connectivity index (χ0) is 13.8. The minimum atomic E-state index is -0.326. The van der Waals surface area contributed by atoms with Crippen molar-refractivity contribution >= 4 is 5.69 Å². The van der Waals surface area contributed by atoms with Gasteiger partial charge in [0.15, 0.2) is 0 Å². The van der Waals surface area contributed by atoms with Crippen LogP contribution in [0.2, 0.25) is 0 Å². The second kappa shape index (κ2) is 6.42. The summed E-state index contributed by atoms with van der Waals surface area (Å²) in [4.78, 5) is 2.42. The van der Waals surface area contributed by atoms with E-state index in [1.165, 1.54) is 31.4 Å². The number of hydrogen-bond acceptors (Lipinski definition) is 2. The Morgan fingerprint density at radius 2 is 1.84 bits per heavy atom. The van der Waals surface area contributed by atoms with Gasteiger partial charge < -0.3 is 10.0 Å². The van der Waals surface area contributed by atoms with Crippen LogP contribution in [-0.4, -0.2) is 18.2 Å². The summed E-state index contributed by atoms with van der Waals surface area (Å²) in [5.41, 5.74) is 2.29. The molecule has 0 radical (unpaired) electrons. The van der Waals surface area contributed by atoms with Crippen molar-refractivity contribution in [2.75, 3.05) is 11.9 Å². The molecule has 1 aliphatic rings. The lowest BCUT2D eigenvalue weighted by Crippen LogP contribution is -2.38. The number of aliphatic hydroxyl groups excluding tert-OH is 1. The molecule has 0 aliphatic heterocycles. The van der Waals surface area contributed by atoms with Gasteiger partial charge in [0, 0.05) is 18.8 Å². The topological polar surface area (TPSA) is 23.5 Å². The van der Waals surface area contributed by atoms with E-state index in [1.54, 1.807) is 0 Å². The highest BCUT2D eigenvalue weighted by Gasteiger charge is 2.25. The van der Waals surface area contributed by atoms with E-state index in [0.717, 1.165) is 17.9 Å². The minimum Gasteiger partial charge on any atom is -0.388 e. The maximum absolute atomic E-state index is 9.84. The number of benzene rings is 1. The van der Waals surface area contributed by atoms with Crippen LogP contribution in [-0.2, 0) is 0 Å². The van der Waals surface area contributed by atoms with E-state index >= 15 is 0 Å². The zero-order valence-corrected chi connectivity index (χ0v) is 12.5. The predicted octanol–water partition coefficient (Wildman–Crippen LogP) is 4.14. The third-order valence-electron chi connectivity index (χ3n) is 4.64. The van der Waals surface area contributed by atoms with Gasteiger partial charge in [-0.2, -0.15) is 0 Å². The average molecular weight is 261 g/mol. The Bertz CT molecular complexity index is 387. The average Bonchev–Trinajstić information content (AvgIpc) is 2.46. The maximum Gasteiger partial charge on any atom is 0.0787 e. The summed E-state index contributed by atoms with van der Waals surface area (Å²) >= 11 is 0. The van der Waals surface area contributed by atoms with Crippen molar-refractivity contribution in [3.63, 3.8) is 0 Å². The van der Waals surface area contributed by atoms with Crippen molar-refractivity contribution in [2.45, 2.75) is 58.1 Å². The Hall–Kier alpha value is -1.02. The largest absolute Gasteiger partial charge is 0.388 e. The molecule has 1 saturated carbocycles. The monoisotopic (exact) mass is 261 g/mol. The van der Waals surface area contributed by atoms with Crippen molar-refractivity contribution in [2.24, 2.45) is 5.92 Å². The lowest BCUT2D eigenvalue weighted by Gasteiger charge is -2.37. The van der Waals surface area contributed by atoms with Crippen LogP contribution in [0.5, 0.6) is 0 Å². The molecule has 2 rings (SSSR count). The molecule has 2 unspecified atom stereocenters. The summed E-state index contributed by atoms with van der Waals surface area (Å²) in [5, 5.41) is 9.84. The molecule has 0 heterocycles. The normalized spacial score (nSPS) is 25.1. The van der Waals surface area contributed by atoms with Crippen LogP contribution in [0.4, 0.5) is 5.69 Å². The van der Waals surface area contributed by atoms with E-state index < -0.39 is 0 Å². The van der Waals surface area contributed by atoms with Crippen molar-refractivity contribution in [3.8, 4) is 0 Å². The molecule has 1 aromatic carbocycles. The summed E-state index contributed by atoms with van der Waals surface area (Å²) in [6, 6.07) is 9.09. The first kappa shape index (κ1) is 14.4. The van der Waals surface area contributed by atoms with Crippen LogP contribution in [0.3, 0.4) is 0 Å². The first-order valence-electron chi connectivity index (χ1n) is 7.64. The molecule has 1 aliphatic carbocycles. The number of hydrogen-bond donors (Lipinski definition) is 1. The molecule has 0 bridgehead atoms. The highest BCUT2D eigenvalue weighted by Crippen LogP contribution is 2.31. The Morgan fingerprint density at radius 3 is 2.42 bits per heavy atom. The molecule has 1 N–H and O–H groups in total. The van der Waals surface area contributed by atoms with Gasteiger partial charge in [-0.1, -0.05) is 38.8 Å². The number of rotatable bonds is 4. The van der Waals surface area contributed by atoms with Crippen LogP contribution in [0.25, 0.3) is 0 Å². The molecule has 2 nitrogen and oxygen atoms in total. The van der Waals surface area contributed by atoms with Crippen LogP contribution >= 0.6 is 0 Å². The minimum absolute atomic E-state index is 0.326. The Labute approximate surface area is 117 Å². The fraction of sp³-hybridized carbons (Fsp3) is 0.647. The first-order chi connectivity index (χ1) is 9.13. The molecule has 1 aromatic rings. The van der Waals surface area contributed by atoms with E-state index in [-0.39, 0.29) is 6.10 Å². The van der Waals surface area contributed by atoms with Crippen molar-refractivity contribution in [1.29, 1.82) is 0 Å². The highest BCUT2D eigenvalue weighted by molar-refractivity contribution is 5.48. The molecule has 1 fully saturated rings. The van der Waals surface area contributed by atoms with Gasteiger partial charge in [-0.15, -0.1) is 0 Å². The molecule has 106 valence electrons. The fourth-order valence-electron chi connectivity index (χ4n) is 3.23. The van der Waals surface area contributed by atoms with Gasteiger partial charge in [-0.3, -0.25) is 0 Å². The summed E-state index contributed by atoms with van der Waals surface area (Å²) in [6.45, 7) is 4.38.